The summed E-state index contributed by atoms with van der Waals surface area (Å²) < 4.78 is 7.09. The molecule has 1 N–H and O–H groups in total. The number of thiazole rings is 1. The van der Waals surface area contributed by atoms with Crippen LogP contribution in [0.5, 0.6) is 0 Å². The molecule has 1 aromatic carbocycles. The maximum atomic E-state index is 12.3. The van der Waals surface area contributed by atoms with Crippen LogP contribution in [0.25, 0.3) is 21.7 Å². The first-order valence-corrected chi connectivity index (χ1v) is 9.27. The number of oxazole rings is 1. The van der Waals surface area contributed by atoms with Crippen LogP contribution in [0.2, 0.25) is 4.34 Å². The van der Waals surface area contributed by atoms with Gasteiger partial charge in [0.05, 0.1) is 20.4 Å². The Balaban J connectivity index is 1.52. The molecule has 0 saturated heterocycles. The fourth-order valence-electron chi connectivity index (χ4n) is 2.36. The van der Waals surface area contributed by atoms with Gasteiger partial charge in [-0.2, -0.15) is 0 Å². The van der Waals surface area contributed by atoms with Gasteiger partial charge >= 0.3 is 5.76 Å². The number of halogens is 1. The Morgan fingerprint density at radius 1 is 1.28 bits per heavy atom. The molecule has 0 aliphatic carbocycles. The summed E-state index contributed by atoms with van der Waals surface area (Å²) in [6.45, 7) is -0.143. The summed E-state index contributed by atoms with van der Waals surface area (Å²) in [5.74, 6) is -0.914. The van der Waals surface area contributed by atoms with Gasteiger partial charge in [-0.05, 0) is 24.3 Å². The summed E-state index contributed by atoms with van der Waals surface area (Å²) in [7, 11) is 0. The number of para-hydroxylation sites is 2. The number of hydrogen-bond acceptors (Lipinski definition) is 6. The maximum Gasteiger partial charge on any atom is 0.420 e. The Bertz CT molecular complexity index is 1130. The van der Waals surface area contributed by atoms with Crippen molar-refractivity contribution < 1.29 is 9.21 Å². The third-order valence-electron chi connectivity index (χ3n) is 3.45. The molecule has 25 heavy (non-hydrogen) atoms. The highest BCUT2D eigenvalue weighted by Crippen LogP contribution is 2.32. The Morgan fingerprint density at radius 3 is 2.92 bits per heavy atom. The van der Waals surface area contributed by atoms with Gasteiger partial charge in [0.1, 0.15) is 6.54 Å². The van der Waals surface area contributed by atoms with Crippen LogP contribution in [0.15, 0.2) is 51.0 Å². The summed E-state index contributed by atoms with van der Waals surface area (Å²) in [5, 5.41) is 5.02. The lowest BCUT2D eigenvalue weighted by molar-refractivity contribution is -0.116. The topological polar surface area (TPSA) is 77.1 Å². The van der Waals surface area contributed by atoms with Gasteiger partial charge in [-0.1, -0.05) is 23.7 Å². The van der Waals surface area contributed by atoms with E-state index in [1.807, 2.05) is 11.4 Å². The molecular formula is C16H10ClN3O3S2. The van der Waals surface area contributed by atoms with Crippen molar-refractivity contribution in [1.29, 1.82) is 0 Å². The summed E-state index contributed by atoms with van der Waals surface area (Å²) in [6.07, 6.45) is 0. The van der Waals surface area contributed by atoms with Gasteiger partial charge in [0.15, 0.2) is 10.7 Å². The molecule has 126 valence electrons. The van der Waals surface area contributed by atoms with E-state index in [0.29, 0.717) is 20.6 Å². The molecule has 4 rings (SSSR count). The normalized spacial score (nSPS) is 11.1. The van der Waals surface area contributed by atoms with E-state index in [2.05, 4.69) is 10.3 Å². The minimum Gasteiger partial charge on any atom is -0.408 e. The van der Waals surface area contributed by atoms with Crippen molar-refractivity contribution in [2.45, 2.75) is 6.54 Å². The smallest absolute Gasteiger partial charge is 0.408 e. The lowest BCUT2D eigenvalue weighted by Crippen LogP contribution is -2.24. The molecule has 0 unspecified atom stereocenters. The van der Waals surface area contributed by atoms with Crippen LogP contribution in [0.1, 0.15) is 0 Å². The Morgan fingerprint density at radius 2 is 2.12 bits per heavy atom. The van der Waals surface area contributed by atoms with Crippen molar-refractivity contribution >= 4 is 56.4 Å². The second-order valence-electron chi connectivity index (χ2n) is 5.11. The van der Waals surface area contributed by atoms with Gasteiger partial charge in [-0.25, -0.2) is 9.78 Å². The van der Waals surface area contributed by atoms with Crippen LogP contribution < -0.4 is 11.1 Å². The molecule has 0 fully saturated rings. The van der Waals surface area contributed by atoms with Crippen molar-refractivity contribution in [3.05, 3.63) is 56.7 Å². The van der Waals surface area contributed by atoms with Crippen LogP contribution in [0, 0.1) is 0 Å². The fraction of sp³-hybridized carbons (Fsp3) is 0.0625. The zero-order chi connectivity index (χ0) is 17.4. The number of amides is 1. The molecule has 0 bridgehead atoms. The minimum absolute atomic E-state index is 0.143. The SMILES string of the molecule is O=C(Cn1c(=O)oc2ccccc21)Nc1nc(-c2ccc(Cl)s2)cs1. The predicted molar refractivity (Wildman–Crippen MR) is 99.5 cm³/mol. The fourth-order valence-corrected chi connectivity index (χ4v) is 4.17. The average Bonchev–Trinajstić information content (AvgIpc) is 3.28. The third kappa shape index (κ3) is 3.23. The highest BCUT2D eigenvalue weighted by molar-refractivity contribution is 7.20. The van der Waals surface area contributed by atoms with E-state index >= 15 is 0 Å². The van der Waals surface area contributed by atoms with Crippen molar-refractivity contribution in [2.75, 3.05) is 5.32 Å². The molecule has 0 atom stereocenters. The van der Waals surface area contributed by atoms with E-state index in [-0.39, 0.29) is 12.5 Å². The van der Waals surface area contributed by atoms with Crippen molar-refractivity contribution in [1.82, 2.24) is 9.55 Å². The zero-order valence-electron chi connectivity index (χ0n) is 12.6. The highest BCUT2D eigenvalue weighted by atomic mass is 35.5. The summed E-state index contributed by atoms with van der Waals surface area (Å²) >= 11 is 8.66. The number of carbonyl (C=O) groups is 1. The average molecular weight is 392 g/mol. The number of nitrogens with one attached hydrogen (secondary N) is 1. The van der Waals surface area contributed by atoms with Crippen molar-refractivity contribution in [2.24, 2.45) is 0 Å². The molecule has 0 radical (unpaired) electrons. The number of nitrogens with zero attached hydrogens (tertiary/aromatic N) is 2. The third-order valence-corrected chi connectivity index (χ3v) is 5.46. The van der Waals surface area contributed by atoms with Gasteiger partial charge in [-0.3, -0.25) is 9.36 Å². The summed E-state index contributed by atoms with van der Waals surface area (Å²) in [4.78, 5) is 29.5. The number of benzene rings is 1. The van der Waals surface area contributed by atoms with Crippen LogP contribution in [-0.2, 0) is 11.3 Å². The number of aromatic nitrogens is 2. The van der Waals surface area contributed by atoms with Gasteiger partial charge in [0.25, 0.3) is 0 Å². The molecule has 0 aliphatic heterocycles. The Kier molecular flexibility index (Phi) is 4.16. The summed E-state index contributed by atoms with van der Waals surface area (Å²) in [6, 6.07) is 10.6. The second kappa shape index (κ2) is 6.47. The van der Waals surface area contributed by atoms with E-state index in [4.69, 9.17) is 16.0 Å². The lowest BCUT2D eigenvalue weighted by Gasteiger charge is -2.02. The van der Waals surface area contributed by atoms with E-state index < -0.39 is 5.76 Å². The van der Waals surface area contributed by atoms with E-state index in [1.54, 1.807) is 30.3 Å². The molecular weight excluding hydrogens is 382 g/mol. The van der Waals surface area contributed by atoms with Crippen molar-refractivity contribution in [3.63, 3.8) is 0 Å². The maximum absolute atomic E-state index is 12.3. The number of fused-ring (bicyclic) bond motifs is 1. The zero-order valence-corrected chi connectivity index (χ0v) is 15.0. The lowest BCUT2D eigenvalue weighted by atomic mass is 10.3. The predicted octanol–water partition coefficient (Wildman–Crippen LogP) is 4.07. The first-order chi connectivity index (χ1) is 12.1. The van der Waals surface area contributed by atoms with Crippen molar-refractivity contribution in [3.8, 4) is 10.6 Å². The van der Waals surface area contributed by atoms with Crippen LogP contribution in [0.3, 0.4) is 0 Å². The standard InChI is InChI=1S/C16H10ClN3O3S2/c17-13-6-5-12(25-13)9-8-24-15(18-9)19-14(21)7-20-10-3-1-2-4-11(10)23-16(20)22/h1-6,8H,7H2,(H,18,19,21). The largest absolute Gasteiger partial charge is 0.420 e. The molecule has 3 aromatic heterocycles. The number of rotatable bonds is 4. The first-order valence-electron chi connectivity index (χ1n) is 7.19. The molecule has 9 heteroatoms. The highest BCUT2D eigenvalue weighted by Gasteiger charge is 2.14. The number of anilines is 1. The molecule has 4 aromatic rings. The molecule has 6 nitrogen and oxygen atoms in total. The van der Waals surface area contributed by atoms with E-state index in [9.17, 15) is 9.59 Å². The van der Waals surface area contributed by atoms with Gasteiger partial charge in [0, 0.05) is 5.38 Å². The van der Waals surface area contributed by atoms with E-state index in [0.717, 1.165) is 10.6 Å². The molecule has 3 heterocycles. The minimum atomic E-state index is -0.565. The Labute approximate surface area is 154 Å². The van der Waals surface area contributed by atoms with Gasteiger partial charge in [-0.15, -0.1) is 22.7 Å². The van der Waals surface area contributed by atoms with Crippen LogP contribution in [-0.4, -0.2) is 15.5 Å². The number of hydrogen-bond donors (Lipinski definition) is 1. The molecule has 0 aliphatic rings. The number of thiophene rings is 1. The molecule has 0 saturated carbocycles. The van der Waals surface area contributed by atoms with Gasteiger partial charge < -0.3 is 9.73 Å². The molecule has 1 amide bonds. The monoisotopic (exact) mass is 391 g/mol. The second-order valence-corrected chi connectivity index (χ2v) is 7.68. The van der Waals surface area contributed by atoms with Crippen LogP contribution >= 0.6 is 34.3 Å². The van der Waals surface area contributed by atoms with Crippen LogP contribution in [0.4, 0.5) is 5.13 Å². The molecule has 0 spiro atoms. The van der Waals surface area contributed by atoms with E-state index in [1.165, 1.54) is 27.2 Å². The van der Waals surface area contributed by atoms with Gasteiger partial charge in [0.2, 0.25) is 5.91 Å². The quantitative estimate of drug-likeness (QED) is 0.568. The summed E-state index contributed by atoms with van der Waals surface area (Å²) in [5.41, 5.74) is 1.78. The Hall–Kier alpha value is -2.42. The number of carbonyl (C=O) groups excluding carboxylic acids is 1. The first kappa shape index (κ1) is 16.1.